The number of nitrogens with zero attached hydrogens (tertiary/aromatic N) is 2. The van der Waals surface area contributed by atoms with Crippen LogP contribution in [0.3, 0.4) is 0 Å². The first-order chi connectivity index (χ1) is 17.4. The van der Waals surface area contributed by atoms with Crippen molar-refractivity contribution in [1.29, 1.82) is 0 Å². The lowest BCUT2D eigenvalue weighted by Crippen LogP contribution is -2.30. The molecule has 1 aliphatic rings. The SMILES string of the molecule is Cc1ccc(CNC(=O)n2nc(-c3ccc(NC(=O)c4ccccc4C)cc3O)cc2C2CC2)cc1. The Morgan fingerprint density at radius 3 is 2.44 bits per heavy atom. The van der Waals surface area contributed by atoms with Gasteiger partial charge in [-0.05, 0) is 62.1 Å². The van der Waals surface area contributed by atoms with Crippen LogP contribution in [0.2, 0.25) is 0 Å². The van der Waals surface area contributed by atoms with E-state index in [1.165, 1.54) is 16.3 Å². The van der Waals surface area contributed by atoms with Gasteiger partial charge in [0, 0.05) is 35.3 Å². The Morgan fingerprint density at radius 1 is 1.00 bits per heavy atom. The minimum absolute atomic E-state index is 0.0235. The van der Waals surface area contributed by atoms with Crippen molar-refractivity contribution in [1.82, 2.24) is 15.1 Å². The number of hydrogen-bond acceptors (Lipinski definition) is 4. The van der Waals surface area contributed by atoms with Gasteiger partial charge in [0.1, 0.15) is 5.75 Å². The topological polar surface area (TPSA) is 96.3 Å². The van der Waals surface area contributed by atoms with Crippen LogP contribution in [-0.4, -0.2) is 26.8 Å². The van der Waals surface area contributed by atoms with E-state index in [2.05, 4.69) is 15.7 Å². The number of amides is 2. The van der Waals surface area contributed by atoms with Crippen molar-refractivity contribution in [2.75, 3.05) is 5.32 Å². The molecule has 5 rings (SSSR count). The minimum Gasteiger partial charge on any atom is -0.507 e. The van der Waals surface area contributed by atoms with Gasteiger partial charge in [-0.15, -0.1) is 0 Å². The molecule has 3 N–H and O–H groups in total. The van der Waals surface area contributed by atoms with Gasteiger partial charge in [-0.1, -0.05) is 48.0 Å². The fraction of sp³-hybridized carbons (Fsp3) is 0.207. The van der Waals surface area contributed by atoms with Gasteiger partial charge < -0.3 is 15.7 Å². The average Bonchev–Trinajstić information content (AvgIpc) is 3.62. The quantitative estimate of drug-likeness (QED) is 0.327. The van der Waals surface area contributed by atoms with E-state index in [0.717, 1.165) is 29.7 Å². The maximum Gasteiger partial charge on any atom is 0.342 e. The fourth-order valence-corrected chi connectivity index (χ4v) is 4.17. The minimum atomic E-state index is -0.301. The van der Waals surface area contributed by atoms with Crippen LogP contribution in [0.25, 0.3) is 11.3 Å². The molecule has 0 aliphatic heterocycles. The molecule has 0 unspecified atom stereocenters. The Labute approximate surface area is 209 Å². The lowest BCUT2D eigenvalue weighted by atomic mass is 10.1. The number of aromatic nitrogens is 2. The molecule has 7 nitrogen and oxygen atoms in total. The largest absolute Gasteiger partial charge is 0.507 e. The van der Waals surface area contributed by atoms with Gasteiger partial charge in [-0.25, -0.2) is 4.79 Å². The van der Waals surface area contributed by atoms with Crippen LogP contribution < -0.4 is 10.6 Å². The number of rotatable bonds is 6. The van der Waals surface area contributed by atoms with Gasteiger partial charge in [0.15, 0.2) is 0 Å². The van der Waals surface area contributed by atoms with Crippen molar-refractivity contribution in [2.24, 2.45) is 0 Å². The molecule has 0 bridgehead atoms. The third kappa shape index (κ3) is 5.00. The highest BCUT2D eigenvalue weighted by molar-refractivity contribution is 6.05. The van der Waals surface area contributed by atoms with E-state index in [-0.39, 0.29) is 23.6 Å². The number of phenolic OH excluding ortho intramolecular Hbond substituents is 1. The summed E-state index contributed by atoms with van der Waals surface area (Å²) >= 11 is 0. The summed E-state index contributed by atoms with van der Waals surface area (Å²) in [5, 5.41) is 21.1. The van der Waals surface area contributed by atoms with Crippen LogP contribution in [-0.2, 0) is 6.54 Å². The fourth-order valence-electron chi connectivity index (χ4n) is 4.17. The molecule has 0 spiro atoms. The first-order valence-electron chi connectivity index (χ1n) is 12.0. The third-order valence-corrected chi connectivity index (χ3v) is 6.41. The van der Waals surface area contributed by atoms with Crippen LogP contribution in [0.15, 0.2) is 72.8 Å². The number of benzene rings is 3. The number of carbonyl (C=O) groups is 2. The molecule has 182 valence electrons. The van der Waals surface area contributed by atoms with Gasteiger partial charge >= 0.3 is 6.03 Å². The van der Waals surface area contributed by atoms with Crippen LogP contribution >= 0.6 is 0 Å². The maximum atomic E-state index is 13.0. The Hall–Kier alpha value is -4.39. The number of aromatic hydroxyl groups is 1. The highest BCUT2D eigenvalue weighted by Crippen LogP contribution is 2.42. The van der Waals surface area contributed by atoms with E-state index < -0.39 is 0 Å². The van der Waals surface area contributed by atoms with E-state index in [0.29, 0.717) is 29.1 Å². The van der Waals surface area contributed by atoms with Crippen molar-refractivity contribution < 1.29 is 14.7 Å². The second-order valence-electron chi connectivity index (χ2n) is 9.29. The number of nitrogens with one attached hydrogen (secondary N) is 2. The zero-order chi connectivity index (χ0) is 25.2. The van der Waals surface area contributed by atoms with E-state index >= 15 is 0 Å². The van der Waals surface area contributed by atoms with Crippen molar-refractivity contribution in [3.05, 3.63) is 101 Å². The molecular formula is C29H28N4O3. The van der Waals surface area contributed by atoms with Crippen molar-refractivity contribution in [3.8, 4) is 17.0 Å². The zero-order valence-electron chi connectivity index (χ0n) is 20.3. The summed E-state index contributed by atoms with van der Waals surface area (Å²) in [7, 11) is 0. The summed E-state index contributed by atoms with van der Waals surface area (Å²) in [6.45, 7) is 4.30. The Morgan fingerprint density at radius 2 is 1.75 bits per heavy atom. The molecule has 1 fully saturated rings. The molecule has 4 aromatic rings. The molecule has 2 amide bonds. The van der Waals surface area contributed by atoms with Crippen LogP contribution in [0.5, 0.6) is 5.75 Å². The zero-order valence-corrected chi connectivity index (χ0v) is 20.3. The molecule has 7 heteroatoms. The average molecular weight is 481 g/mol. The molecular weight excluding hydrogens is 452 g/mol. The Balaban J connectivity index is 1.34. The molecule has 1 heterocycles. The molecule has 0 atom stereocenters. The van der Waals surface area contributed by atoms with E-state index in [9.17, 15) is 14.7 Å². The summed E-state index contributed by atoms with van der Waals surface area (Å²) in [5.41, 5.74) is 5.94. The summed E-state index contributed by atoms with van der Waals surface area (Å²) < 4.78 is 1.41. The second kappa shape index (κ2) is 9.70. The molecule has 1 aromatic heterocycles. The molecule has 3 aromatic carbocycles. The highest BCUT2D eigenvalue weighted by Gasteiger charge is 2.30. The van der Waals surface area contributed by atoms with Crippen molar-refractivity contribution in [2.45, 2.75) is 39.2 Å². The van der Waals surface area contributed by atoms with Gasteiger partial charge in [-0.3, -0.25) is 4.79 Å². The second-order valence-corrected chi connectivity index (χ2v) is 9.29. The number of phenols is 1. The number of hydrogen-bond donors (Lipinski definition) is 3. The third-order valence-electron chi connectivity index (χ3n) is 6.41. The highest BCUT2D eigenvalue weighted by atomic mass is 16.3. The number of anilines is 1. The van der Waals surface area contributed by atoms with E-state index in [1.54, 1.807) is 18.2 Å². The Kier molecular flexibility index (Phi) is 6.29. The van der Waals surface area contributed by atoms with Crippen molar-refractivity contribution in [3.63, 3.8) is 0 Å². The molecule has 1 saturated carbocycles. The lowest BCUT2D eigenvalue weighted by Gasteiger charge is -2.09. The van der Waals surface area contributed by atoms with Gasteiger partial charge in [-0.2, -0.15) is 9.78 Å². The summed E-state index contributed by atoms with van der Waals surface area (Å²) in [5.74, 6) is 0.0154. The smallest absolute Gasteiger partial charge is 0.342 e. The standard InChI is InChI=1S/C29H28N4O3/c1-18-7-9-20(10-8-18)17-30-29(36)33-26(21-11-12-21)16-25(32-33)24-14-13-22(15-27(24)34)31-28(35)23-6-4-3-5-19(23)2/h3-10,13-16,21,34H,11-12,17H2,1-2H3,(H,30,36)(H,31,35). The molecule has 1 aliphatic carbocycles. The predicted molar refractivity (Wildman–Crippen MR) is 139 cm³/mol. The predicted octanol–water partition coefficient (Wildman–Crippen LogP) is 5.76. The van der Waals surface area contributed by atoms with E-state index in [1.807, 2.05) is 62.4 Å². The normalized spacial score (nSPS) is 12.8. The molecule has 0 saturated heterocycles. The van der Waals surface area contributed by atoms with Crippen LogP contribution in [0.1, 0.15) is 51.5 Å². The van der Waals surface area contributed by atoms with Crippen LogP contribution in [0.4, 0.5) is 10.5 Å². The monoisotopic (exact) mass is 480 g/mol. The summed E-state index contributed by atoms with van der Waals surface area (Å²) in [4.78, 5) is 25.6. The Bertz CT molecular complexity index is 1440. The summed E-state index contributed by atoms with van der Waals surface area (Å²) in [6, 6.07) is 21.8. The van der Waals surface area contributed by atoms with Crippen molar-refractivity contribution >= 4 is 17.6 Å². The van der Waals surface area contributed by atoms with Gasteiger partial charge in [0.05, 0.1) is 11.4 Å². The number of carbonyl (C=O) groups excluding carboxylic acids is 2. The summed E-state index contributed by atoms with van der Waals surface area (Å²) in [6.07, 6.45) is 2.01. The van der Waals surface area contributed by atoms with Gasteiger partial charge in [0.25, 0.3) is 5.91 Å². The maximum absolute atomic E-state index is 13.0. The lowest BCUT2D eigenvalue weighted by molar-refractivity contribution is 0.102. The van der Waals surface area contributed by atoms with Gasteiger partial charge in [0.2, 0.25) is 0 Å². The first-order valence-corrected chi connectivity index (χ1v) is 12.0. The van der Waals surface area contributed by atoms with Crippen LogP contribution in [0, 0.1) is 13.8 Å². The molecule has 0 radical (unpaired) electrons. The molecule has 36 heavy (non-hydrogen) atoms. The van der Waals surface area contributed by atoms with E-state index in [4.69, 9.17) is 0 Å². The number of aryl methyl sites for hydroxylation is 2. The first kappa shape index (κ1) is 23.4.